The molecule has 0 aromatic rings. The van der Waals surface area contributed by atoms with Crippen molar-refractivity contribution in [3.05, 3.63) is 0 Å². The van der Waals surface area contributed by atoms with E-state index in [1.54, 1.807) is 0 Å². The zero-order chi connectivity index (χ0) is 10.0. The van der Waals surface area contributed by atoms with Crippen molar-refractivity contribution in [3.8, 4) is 0 Å². The largest absolute Gasteiger partial charge is 0.305 e. The van der Waals surface area contributed by atoms with Crippen molar-refractivity contribution in [2.24, 2.45) is 5.41 Å². The van der Waals surface area contributed by atoms with E-state index in [0.717, 1.165) is 0 Å². The summed E-state index contributed by atoms with van der Waals surface area (Å²) in [5.74, 6) is 0. The highest BCUT2D eigenvalue weighted by Crippen LogP contribution is 2.89. The molecule has 1 fully saturated rings. The zero-order valence-electron chi connectivity index (χ0n) is 8.73. The van der Waals surface area contributed by atoms with Gasteiger partial charge >= 0.3 is 0 Å². The molecule has 3 heteroatoms. The van der Waals surface area contributed by atoms with E-state index in [1.165, 1.54) is 0 Å². The monoisotopic (exact) mass is 208 g/mol. The molecular weight excluding hydrogens is 191 g/mol. The molecule has 1 heterocycles. The third kappa shape index (κ3) is 0.715. The summed E-state index contributed by atoms with van der Waals surface area (Å²) in [5.41, 5.74) is 0.0529. The number of rotatable bonds is 0. The fraction of sp³-hybridized carbons (Fsp3) is 1.00. The van der Waals surface area contributed by atoms with Crippen LogP contribution in [0.25, 0.3) is 0 Å². The fourth-order valence-electron chi connectivity index (χ4n) is 2.11. The minimum atomic E-state index is -2.52. The van der Waals surface area contributed by atoms with Gasteiger partial charge in [0.1, 0.15) is 0 Å². The van der Waals surface area contributed by atoms with Crippen molar-refractivity contribution in [1.82, 2.24) is 0 Å². The first-order valence-electron chi connectivity index (χ1n) is 4.30. The lowest BCUT2D eigenvalue weighted by atomic mass is 9.69. The molecule has 0 spiro atoms. The van der Waals surface area contributed by atoms with Crippen molar-refractivity contribution >= 4 is 17.7 Å². The first-order chi connectivity index (χ1) is 5.00. The van der Waals surface area contributed by atoms with E-state index in [-0.39, 0.29) is 15.7 Å². The summed E-state index contributed by atoms with van der Waals surface area (Å²) >= 11 is 6.13. The Labute approximate surface area is 80.0 Å². The molecule has 0 radical (unpaired) electrons. The van der Waals surface area contributed by atoms with Crippen molar-refractivity contribution in [1.29, 1.82) is 0 Å². The summed E-state index contributed by atoms with van der Waals surface area (Å²) in [6, 6.07) is 0. The van der Waals surface area contributed by atoms with Gasteiger partial charge in [-0.1, -0.05) is 52.8 Å². The van der Waals surface area contributed by atoms with Crippen LogP contribution in [0.4, 0.5) is 0 Å². The molecule has 0 N–H and O–H groups in total. The Bertz CT molecular complexity index is 244. The van der Waals surface area contributed by atoms with Gasteiger partial charge in [0.05, 0.1) is 0 Å². The summed E-state index contributed by atoms with van der Waals surface area (Å²) in [4.78, 5) is 0. The number of hydrogen-bond donors (Lipinski definition) is 0. The average molecular weight is 209 g/mol. The van der Waals surface area contributed by atoms with Gasteiger partial charge in [-0.15, -0.1) is 0 Å². The number of halogens is 1. The lowest BCUT2D eigenvalue weighted by Crippen LogP contribution is -2.63. The molecule has 12 heavy (non-hydrogen) atoms. The van der Waals surface area contributed by atoms with Crippen LogP contribution in [-0.2, 0) is 4.57 Å². The van der Waals surface area contributed by atoms with Gasteiger partial charge < -0.3 is 4.57 Å². The van der Waals surface area contributed by atoms with Gasteiger partial charge in [0.25, 0.3) is 0 Å². The SMILES string of the molecule is CC1(C)C(C)(C)P(=O)(Cl)C1(C)C. The Morgan fingerprint density at radius 2 is 1.17 bits per heavy atom. The van der Waals surface area contributed by atoms with Crippen LogP contribution < -0.4 is 0 Å². The highest BCUT2D eigenvalue weighted by atomic mass is 35.7. The van der Waals surface area contributed by atoms with Crippen LogP contribution in [0.1, 0.15) is 41.5 Å². The predicted octanol–water partition coefficient (Wildman–Crippen LogP) is 4.10. The van der Waals surface area contributed by atoms with Crippen LogP contribution in [-0.4, -0.2) is 10.3 Å². The van der Waals surface area contributed by atoms with E-state index in [4.69, 9.17) is 11.2 Å². The second kappa shape index (κ2) is 2.12. The molecule has 0 amide bonds. The van der Waals surface area contributed by atoms with Gasteiger partial charge in [-0.3, -0.25) is 0 Å². The van der Waals surface area contributed by atoms with Gasteiger partial charge in [0, 0.05) is 10.3 Å². The molecule has 0 bridgehead atoms. The van der Waals surface area contributed by atoms with Gasteiger partial charge in [-0.05, 0) is 5.41 Å². The highest BCUT2D eigenvalue weighted by Gasteiger charge is 2.74. The van der Waals surface area contributed by atoms with Crippen LogP contribution in [0.15, 0.2) is 0 Å². The van der Waals surface area contributed by atoms with Gasteiger partial charge in [-0.2, -0.15) is 0 Å². The second-order valence-electron chi connectivity index (χ2n) is 5.28. The lowest BCUT2D eigenvalue weighted by Gasteiger charge is -2.67. The molecule has 1 aliphatic heterocycles. The smallest absolute Gasteiger partial charge is 0.181 e. The maximum atomic E-state index is 12.2. The molecule has 0 atom stereocenters. The highest BCUT2D eigenvalue weighted by molar-refractivity contribution is 7.92. The van der Waals surface area contributed by atoms with E-state index >= 15 is 0 Å². The molecule has 0 aromatic carbocycles. The van der Waals surface area contributed by atoms with Crippen LogP contribution in [0, 0.1) is 5.41 Å². The summed E-state index contributed by atoms with van der Waals surface area (Å²) in [7, 11) is 0. The standard InChI is InChI=1S/C9H18ClOP/c1-7(2)8(3,4)12(10,11)9(7,5)6/h1-6H3. The van der Waals surface area contributed by atoms with E-state index in [0.29, 0.717) is 0 Å². The van der Waals surface area contributed by atoms with Gasteiger partial charge in [0.2, 0.25) is 0 Å². The van der Waals surface area contributed by atoms with Crippen LogP contribution in [0.5, 0.6) is 0 Å². The van der Waals surface area contributed by atoms with Crippen LogP contribution >= 0.6 is 17.7 Å². The summed E-state index contributed by atoms with van der Waals surface area (Å²) in [6.45, 7) is 9.79. The maximum absolute atomic E-state index is 12.2. The molecule has 0 aromatic heterocycles. The molecule has 1 saturated heterocycles. The zero-order valence-corrected chi connectivity index (χ0v) is 10.4. The topological polar surface area (TPSA) is 17.1 Å². The van der Waals surface area contributed by atoms with E-state index in [9.17, 15) is 4.57 Å². The average Bonchev–Trinajstić information content (AvgIpc) is 1.84. The van der Waals surface area contributed by atoms with Crippen LogP contribution in [0.2, 0.25) is 0 Å². The normalized spacial score (nSPS) is 33.9. The molecule has 1 aliphatic rings. The van der Waals surface area contributed by atoms with Crippen molar-refractivity contribution in [3.63, 3.8) is 0 Å². The van der Waals surface area contributed by atoms with E-state index in [2.05, 4.69) is 13.8 Å². The first kappa shape index (κ1) is 10.6. The quantitative estimate of drug-likeness (QED) is 0.548. The molecular formula is C9H18ClOP. The third-order valence-corrected chi connectivity index (χ3v) is 11.0. The van der Waals surface area contributed by atoms with Crippen LogP contribution in [0.3, 0.4) is 0 Å². The second-order valence-corrected chi connectivity index (χ2v) is 10.0. The van der Waals surface area contributed by atoms with Gasteiger partial charge in [-0.25, -0.2) is 0 Å². The molecule has 1 nitrogen and oxygen atoms in total. The lowest BCUT2D eigenvalue weighted by molar-refractivity contribution is 0.145. The molecule has 72 valence electrons. The van der Waals surface area contributed by atoms with E-state index < -0.39 is 6.49 Å². The van der Waals surface area contributed by atoms with Crippen molar-refractivity contribution < 1.29 is 4.57 Å². The minimum absolute atomic E-state index is 0.0529. The van der Waals surface area contributed by atoms with Crippen molar-refractivity contribution in [2.75, 3.05) is 0 Å². The molecule has 0 saturated carbocycles. The molecule has 0 unspecified atom stereocenters. The Morgan fingerprint density at radius 3 is 1.25 bits per heavy atom. The Balaban J connectivity index is 3.26. The Kier molecular flexibility index (Phi) is 1.87. The fourth-order valence-corrected chi connectivity index (χ4v) is 6.61. The first-order valence-corrected chi connectivity index (χ1v) is 6.91. The predicted molar refractivity (Wildman–Crippen MR) is 55.4 cm³/mol. The summed E-state index contributed by atoms with van der Waals surface area (Å²) < 4.78 is 12.2. The summed E-state index contributed by atoms with van der Waals surface area (Å²) in [6.07, 6.45) is 0. The Morgan fingerprint density at radius 1 is 0.917 bits per heavy atom. The maximum Gasteiger partial charge on any atom is 0.181 e. The molecule has 1 rings (SSSR count). The minimum Gasteiger partial charge on any atom is -0.305 e. The van der Waals surface area contributed by atoms with E-state index in [1.807, 2.05) is 27.7 Å². The van der Waals surface area contributed by atoms with Crippen molar-refractivity contribution in [2.45, 2.75) is 51.9 Å². The summed E-state index contributed by atoms with van der Waals surface area (Å²) in [5, 5.41) is -0.462. The third-order valence-electron chi connectivity index (χ3n) is 4.50. The van der Waals surface area contributed by atoms with Gasteiger partial charge in [0.15, 0.2) is 6.49 Å². The number of hydrogen-bond acceptors (Lipinski definition) is 1. The molecule has 0 aliphatic carbocycles. The Hall–Kier alpha value is 0.520.